The molecular weight excluding hydrogens is 320 g/mol. The largest absolute Gasteiger partial charge is 0.265 e. The lowest BCUT2D eigenvalue weighted by molar-refractivity contribution is 0.591. The van der Waals surface area contributed by atoms with Crippen molar-refractivity contribution in [3.05, 3.63) is 65.2 Å². The number of rotatable bonds is 2. The molecule has 4 nitrogen and oxygen atoms in total. The lowest BCUT2D eigenvalue weighted by Gasteiger charge is -2.20. The van der Waals surface area contributed by atoms with Gasteiger partial charge in [0, 0.05) is 11.9 Å². The Balaban J connectivity index is 1.86. The van der Waals surface area contributed by atoms with Gasteiger partial charge in [-0.15, -0.1) is 0 Å². The van der Waals surface area contributed by atoms with Gasteiger partial charge in [-0.2, -0.15) is 0 Å². The van der Waals surface area contributed by atoms with Crippen molar-refractivity contribution in [2.75, 3.05) is 10.8 Å². The molecule has 2 aromatic carbocycles. The van der Waals surface area contributed by atoms with E-state index in [0.29, 0.717) is 23.7 Å². The average molecular weight is 338 g/mol. The van der Waals surface area contributed by atoms with Gasteiger partial charge in [-0.25, -0.2) is 17.7 Å². The maximum atomic E-state index is 13.2. The number of pyridine rings is 1. The van der Waals surface area contributed by atoms with Crippen LogP contribution < -0.4 is 4.31 Å². The molecule has 0 unspecified atom stereocenters. The fraction of sp³-hybridized carbons (Fsp3) is 0.211. The van der Waals surface area contributed by atoms with Crippen molar-refractivity contribution in [2.24, 2.45) is 0 Å². The van der Waals surface area contributed by atoms with Crippen LogP contribution >= 0.6 is 0 Å². The molecule has 24 heavy (non-hydrogen) atoms. The Kier molecular flexibility index (Phi) is 3.35. The zero-order chi connectivity index (χ0) is 16.9. The van der Waals surface area contributed by atoms with Crippen molar-refractivity contribution < 1.29 is 8.42 Å². The molecule has 122 valence electrons. The van der Waals surface area contributed by atoms with Gasteiger partial charge in [0.05, 0.1) is 10.4 Å². The molecule has 0 saturated carbocycles. The van der Waals surface area contributed by atoms with Gasteiger partial charge in [0.25, 0.3) is 10.0 Å². The molecule has 1 aliphatic heterocycles. The predicted molar refractivity (Wildman–Crippen MR) is 95.9 cm³/mol. The molecule has 0 N–H and O–H groups in total. The van der Waals surface area contributed by atoms with Gasteiger partial charge in [0.1, 0.15) is 5.82 Å². The molecule has 0 fully saturated rings. The maximum absolute atomic E-state index is 13.2. The van der Waals surface area contributed by atoms with E-state index in [9.17, 15) is 8.42 Å². The zero-order valence-electron chi connectivity index (χ0n) is 13.7. The van der Waals surface area contributed by atoms with Crippen LogP contribution in [0.25, 0.3) is 10.9 Å². The summed E-state index contributed by atoms with van der Waals surface area (Å²) in [6, 6.07) is 15.3. The van der Waals surface area contributed by atoms with E-state index in [1.165, 1.54) is 4.31 Å². The molecule has 3 aromatic rings. The first-order valence-electron chi connectivity index (χ1n) is 7.95. The van der Waals surface area contributed by atoms with E-state index >= 15 is 0 Å². The normalized spacial score (nSPS) is 14.2. The first-order valence-corrected chi connectivity index (χ1v) is 9.39. The molecule has 0 amide bonds. The fourth-order valence-corrected chi connectivity index (χ4v) is 4.98. The summed E-state index contributed by atoms with van der Waals surface area (Å²) < 4.78 is 27.8. The van der Waals surface area contributed by atoms with Crippen LogP contribution in [0.2, 0.25) is 0 Å². The van der Waals surface area contributed by atoms with Crippen molar-refractivity contribution in [3.63, 3.8) is 0 Å². The first kappa shape index (κ1) is 15.1. The Morgan fingerprint density at radius 3 is 2.62 bits per heavy atom. The van der Waals surface area contributed by atoms with Crippen molar-refractivity contribution in [1.29, 1.82) is 0 Å². The molecule has 2 heterocycles. The molecule has 4 rings (SSSR count). The summed E-state index contributed by atoms with van der Waals surface area (Å²) >= 11 is 0. The Labute approximate surface area is 141 Å². The number of para-hydroxylation sites is 1. The summed E-state index contributed by atoms with van der Waals surface area (Å²) in [4.78, 5) is 4.98. The quantitative estimate of drug-likeness (QED) is 0.717. The number of fused-ring (bicyclic) bond motifs is 2. The molecule has 0 spiro atoms. The Bertz CT molecular complexity index is 1060. The number of aryl methyl sites for hydroxylation is 2. The summed E-state index contributed by atoms with van der Waals surface area (Å²) in [7, 11) is -3.60. The summed E-state index contributed by atoms with van der Waals surface area (Å²) in [6.45, 7) is 4.24. The molecule has 1 aliphatic rings. The number of hydrogen-bond acceptors (Lipinski definition) is 3. The Morgan fingerprint density at radius 1 is 1.04 bits per heavy atom. The second kappa shape index (κ2) is 5.31. The van der Waals surface area contributed by atoms with Gasteiger partial charge in [-0.05, 0) is 49.6 Å². The minimum absolute atomic E-state index is 0.357. The van der Waals surface area contributed by atoms with Crippen molar-refractivity contribution in [3.8, 4) is 0 Å². The summed E-state index contributed by atoms with van der Waals surface area (Å²) in [5, 5.41) is 1.04. The molecule has 0 bridgehead atoms. The number of benzene rings is 2. The highest BCUT2D eigenvalue weighted by Crippen LogP contribution is 2.34. The van der Waals surface area contributed by atoms with Crippen LogP contribution in [0.1, 0.15) is 16.7 Å². The van der Waals surface area contributed by atoms with Crippen LogP contribution in [0.4, 0.5) is 5.82 Å². The SMILES string of the molecule is Cc1ccc(S(=O)(=O)N2CCc3cc4ccccc4nc32)c(C)c1. The highest BCUT2D eigenvalue weighted by molar-refractivity contribution is 7.92. The average Bonchev–Trinajstić information content (AvgIpc) is 2.95. The fourth-order valence-electron chi connectivity index (χ4n) is 3.32. The first-order chi connectivity index (χ1) is 11.5. The van der Waals surface area contributed by atoms with Crippen LogP contribution in [0.3, 0.4) is 0 Å². The lowest BCUT2D eigenvalue weighted by Crippen LogP contribution is -2.30. The molecule has 0 atom stereocenters. The van der Waals surface area contributed by atoms with E-state index in [0.717, 1.165) is 27.6 Å². The minimum Gasteiger partial charge on any atom is -0.249 e. The summed E-state index contributed by atoms with van der Waals surface area (Å²) in [6.07, 6.45) is 0.692. The monoisotopic (exact) mass is 338 g/mol. The molecule has 5 heteroatoms. The van der Waals surface area contributed by atoms with E-state index in [1.54, 1.807) is 6.07 Å². The van der Waals surface area contributed by atoms with Crippen molar-refractivity contribution in [2.45, 2.75) is 25.2 Å². The van der Waals surface area contributed by atoms with Crippen molar-refractivity contribution >= 4 is 26.7 Å². The molecule has 0 aliphatic carbocycles. The lowest BCUT2D eigenvalue weighted by atomic mass is 10.1. The van der Waals surface area contributed by atoms with Gasteiger partial charge in [0.15, 0.2) is 0 Å². The number of anilines is 1. The Hall–Kier alpha value is -2.40. The van der Waals surface area contributed by atoms with Crippen LogP contribution in [-0.2, 0) is 16.4 Å². The third-order valence-corrected chi connectivity index (χ3v) is 6.45. The highest BCUT2D eigenvalue weighted by Gasteiger charge is 2.33. The van der Waals surface area contributed by atoms with Gasteiger partial charge < -0.3 is 0 Å². The van der Waals surface area contributed by atoms with Gasteiger partial charge in [-0.1, -0.05) is 35.9 Å². The van der Waals surface area contributed by atoms with Crippen molar-refractivity contribution in [1.82, 2.24) is 4.98 Å². The van der Waals surface area contributed by atoms with Gasteiger partial charge in [0.2, 0.25) is 0 Å². The molecule has 0 radical (unpaired) electrons. The zero-order valence-corrected chi connectivity index (χ0v) is 14.5. The number of aromatic nitrogens is 1. The van der Waals surface area contributed by atoms with E-state index in [-0.39, 0.29) is 0 Å². The second-order valence-corrected chi connectivity index (χ2v) is 8.09. The van der Waals surface area contributed by atoms with Gasteiger partial charge >= 0.3 is 0 Å². The minimum atomic E-state index is -3.60. The van der Waals surface area contributed by atoms with E-state index in [2.05, 4.69) is 11.1 Å². The molecule has 0 saturated heterocycles. The maximum Gasteiger partial charge on any atom is 0.265 e. The third-order valence-electron chi connectivity index (χ3n) is 4.50. The second-order valence-electron chi connectivity index (χ2n) is 6.26. The smallest absolute Gasteiger partial charge is 0.249 e. The van der Waals surface area contributed by atoms with Crippen LogP contribution in [-0.4, -0.2) is 19.9 Å². The molecular formula is C19H18N2O2S. The van der Waals surface area contributed by atoms with Gasteiger partial charge in [-0.3, -0.25) is 0 Å². The van der Waals surface area contributed by atoms with E-state index in [4.69, 9.17) is 0 Å². The standard InChI is InChI=1S/C19H18N2O2S/c1-13-7-8-18(14(2)11-13)24(22,23)21-10-9-16-12-15-5-3-4-6-17(15)20-19(16)21/h3-8,11-12H,9-10H2,1-2H3. The molecule has 1 aromatic heterocycles. The number of sulfonamides is 1. The summed E-state index contributed by atoms with van der Waals surface area (Å²) in [5.41, 5.74) is 3.63. The van der Waals surface area contributed by atoms with E-state index in [1.807, 2.05) is 50.2 Å². The highest BCUT2D eigenvalue weighted by atomic mass is 32.2. The number of nitrogens with zero attached hydrogens (tertiary/aromatic N) is 2. The summed E-state index contributed by atoms with van der Waals surface area (Å²) in [5.74, 6) is 0.564. The van der Waals surface area contributed by atoms with Crippen LogP contribution in [0.5, 0.6) is 0 Å². The van der Waals surface area contributed by atoms with Crippen LogP contribution in [0, 0.1) is 13.8 Å². The third kappa shape index (κ3) is 2.27. The Morgan fingerprint density at radius 2 is 1.83 bits per heavy atom. The topological polar surface area (TPSA) is 50.3 Å². The van der Waals surface area contributed by atoms with Crippen LogP contribution in [0.15, 0.2) is 53.4 Å². The van der Waals surface area contributed by atoms with E-state index < -0.39 is 10.0 Å². The predicted octanol–water partition coefficient (Wildman–Crippen LogP) is 3.60. The number of hydrogen-bond donors (Lipinski definition) is 0.